The summed E-state index contributed by atoms with van der Waals surface area (Å²) in [5.74, 6) is 0.755. The second-order valence-corrected chi connectivity index (χ2v) is 4.08. The maximum Gasteiger partial charge on any atom is 0.191 e. The van der Waals surface area contributed by atoms with Crippen LogP contribution < -0.4 is 10.6 Å². The summed E-state index contributed by atoms with van der Waals surface area (Å²) >= 11 is 0. The van der Waals surface area contributed by atoms with Crippen LogP contribution in [0.2, 0.25) is 0 Å². The number of nitrogens with zero attached hydrogens (tertiary/aromatic N) is 1. The van der Waals surface area contributed by atoms with Crippen LogP contribution in [0.1, 0.15) is 19.3 Å². The molecule has 0 aromatic heterocycles. The van der Waals surface area contributed by atoms with Crippen molar-refractivity contribution in [2.75, 3.05) is 20.2 Å². The van der Waals surface area contributed by atoms with Crippen LogP contribution in [0.25, 0.3) is 0 Å². The zero-order valence-electron chi connectivity index (χ0n) is 9.48. The lowest BCUT2D eigenvalue weighted by atomic mass is 9.96. The molecule has 3 atom stereocenters. The molecule has 0 saturated carbocycles. The summed E-state index contributed by atoms with van der Waals surface area (Å²) in [6, 6.07) is 0.383. The molecule has 2 saturated heterocycles. The molecule has 2 aliphatic heterocycles. The number of hydrogen-bond acceptors (Lipinski definition) is 3. The Morgan fingerprint density at radius 1 is 1.50 bits per heavy atom. The van der Waals surface area contributed by atoms with Crippen molar-refractivity contribution in [3.8, 4) is 0 Å². The van der Waals surface area contributed by atoms with E-state index in [-0.39, 0.29) is 30.6 Å². The van der Waals surface area contributed by atoms with Crippen molar-refractivity contribution in [1.82, 2.24) is 10.6 Å². The first-order valence-electron chi connectivity index (χ1n) is 5.57. The van der Waals surface area contributed by atoms with Gasteiger partial charge < -0.3 is 20.5 Å². The summed E-state index contributed by atoms with van der Waals surface area (Å²) in [5, 5.41) is 15.1. The SMILES string of the molecule is CN=C(NCCO)NC1CC2CCC1O2.I. The first kappa shape index (κ1) is 14.0. The number of rotatable bonds is 3. The molecule has 0 radical (unpaired) electrons. The number of aliphatic imine (C=N–C) groups is 1. The molecular formula is C10H20IN3O2. The highest BCUT2D eigenvalue weighted by Gasteiger charge is 2.40. The van der Waals surface area contributed by atoms with Crippen LogP contribution in [-0.2, 0) is 4.74 Å². The molecule has 0 aliphatic carbocycles. The van der Waals surface area contributed by atoms with E-state index in [4.69, 9.17) is 9.84 Å². The van der Waals surface area contributed by atoms with Crippen molar-refractivity contribution < 1.29 is 9.84 Å². The number of halogens is 1. The predicted octanol–water partition coefficient (Wildman–Crippen LogP) is 0.0816. The Balaban J connectivity index is 0.00000128. The largest absolute Gasteiger partial charge is 0.395 e. The molecule has 16 heavy (non-hydrogen) atoms. The van der Waals surface area contributed by atoms with Crippen molar-refractivity contribution in [1.29, 1.82) is 0 Å². The van der Waals surface area contributed by atoms with Gasteiger partial charge in [-0.1, -0.05) is 0 Å². The van der Waals surface area contributed by atoms with E-state index in [0.29, 0.717) is 24.8 Å². The quantitative estimate of drug-likeness (QED) is 0.387. The minimum atomic E-state index is 0. The predicted molar refractivity (Wildman–Crippen MR) is 73.3 cm³/mol. The van der Waals surface area contributed by atoms with Crippen molar-refractivity contribution in [3.05, 3.63) is 0 Å². The van der Waals surface area contributed by atoms with Crippen molar-refractivity contribution >= 4 is 29.9 Å². The highest BCUT2D eigenvalue weighted by atomic mass is 127. The van der Waals surface area contributed by atoms with Gasteiger partial charge in [-0.3, -0.25) is 4.99 Å². The Morgan fingerprint density at radius 2 is 2.31 bits per heavy atom. The molecular weight excluding hydrogens is 321 g/mol. The number of nitrogens with one attached hydrogen (secondary N) is 2. The van der Waals surface area contributed by atoms with Crippen LogP contribution in [0.15, 0.2) is 4.99 Å². The number of aliphatic hydroxyl groups excluding tert-OH is 1. The van der Waals surface area contributed by atoms with Gasteiger partial charge in [-0.15, -0.1) is 24.0 Å². The van der Waals surface area contributed by atoms with Crippen LogP contribution in [-0.4, -0.2) is 49.5 Å². The van der Waals surface area contributed by atoms with Gasteiger partial charge >= 0.3 is 0 Å². The molecule has 6 heteroatoms. The first-order valence-corrected chi connectivity index (χ1v) is 5.57. The van der Waals surface area contributed by atoms with E-state index in [1.807, 2.05) is 0 Å². The van der Waals surface area contributed by atoms with Gasteiger partial charge in [-0.05, 0) is 19.3 Å². The third-order valence-electron chi connectivity index (χ3n) is 3.06. The lowest BCUT2D eigenvalue weighted by molar-refractivity contribution is 0.0992. The fourth-order valence-corrected chi connectivity index (χ4v) is 2.33. The number of aliphatic hydroxyl groups is 1. The maximum absolute atomic E-state index is 8.71. The maximum atomic E-state index is 8.71. The molecule has 0 spiro atoms. The van der Waals surface area contributed by atoms with E-state index in [9.17, 15) is 0 Å². The molecule has 0 aromatic carbocycles. The minimum absolute atomic E-state index is 0. The summed E-state index contributed by atoms with van der Waals surface area (Å²) < 4.78 is 5.74. The van der Waals surface area contributed by atoms with Crippen LogP contribution in [0.3, 0.4) is 0 Å². The topological polar surface area (TPSA) is 65.9 Å². The summed E-state index contributed by atoms with van der Waals surface area (Å²) in [5.41, 5.74) is 0. The smallest absolute Gasteiger partial charge is 0.191 e. The van der Waals surface area contributed by atoms with Crippen molar-refractivity contribution in [2.45, 2.75) is 37.5 Å². The van der Waals surface area contributed by atoms with Crippen LogP contribution in [0.5, 0.6) is 0 Å². The van der Waals surface area contributed by atoms with Crippen LogP contribution >= 0.6 is 24.0 Å². The second-order valence-electron chi connectivity index (χ2n) is 4.08. The van der Waals surface area contributed by atoms with E-state index in [2.05, 4.69) is 15.6 Å². The number of guanidine groups is 1. The fraction of sp³-hybridized carbons (Fsp3) is 0.900. The highest BCUT2D eigenvalue weighted by Crippen LogP contribution is 2.34. The molecule has 2 rings (SSSR count). The summed E-state index contributed by atoms with van der Waals surface area (Å²) in [6.07, 6.45) is 4.22. The molecule has 2 heterocycles. The monoisotopic (exact) mass is 341 g/mol. The van der Waals surface area contributed by atoms with E-state index in [1.165, 1.54) is 6.42 Å². The fourth-order valence-electron chi connectivity index (χ4n) is 2.33. The number of fused-ring (bicyclic) bond motifs is 2. The molecule has 0 amide bonds. The molecule has 2 bridgehead atoms. The van der Waals surface area contributed by atoms with Crippen molar-refractivity contribution in [3.63, 3.8) is 0 Å². The van der Waals surface area contributed by atoms with E-state index in [1.54, 1.807) is 7.05 Å². The summed E-state index contributed by atoms with van der Waals surface area (Å²) in [7, 11) is 1.74. The average Bonchev–Trinajstić information content (AvgIpc) is 2.85. The van der Waals surface area contributed by atoms with Gasteiger partial charge in [0.15, 0.2) is 5.96 Å². The molecule has 94 valence electrons. The molecule has 5 nitrogen and oxygen atoms in total. The van der Waals surface area contributed by atoms with Gasteiger partial charge in [0.05, 0.1) is 24.9 Å². The van der Waals surface area contributed by atoms with Gasteiger partial charge in [-0.25, -0.2) is 0 Å². The third kappa shape index (κ3) is 3.21. The Bertz CT molecular complexity index is 250. The standard InChI is InChI=1S/C10H19N3O2.HI/c1-11-10(12-4-5-14)13-8-6-7-2-3-9(8)15-7;/h7-9,14H,2-6H2,1H3,(H2,11,12,13);1H. The molecule has 2 aliphatic rings. The van der Waals surface area contributed by atoms with Crippen LogP contribution in [0.4, 0.5) is 0 Å². The van der Waals surface area contributed by atoms with E-state index < -0.39 is 0 Å². The average molecular weight is 341 g/mol. The molecule has 3 N–H and O–H groups in total. The third-order valence-corrected chi connectivity index (χ3v) is 3.06. The zero-order chi connectivity index (χ0) is 10.7. The zero-order valence-corrected chi connectivity index (χ0v) is 11.8. The number of hydrogen-bond donors (Lipinski definition) is 3. The van der Waals surface area contributed by atoms with Crippen molar-refractivity contribution in [2.24, 2.45) is 4.99 Å². The molecule has 0 aromatic rings. The minimum Gasteiger partial charge on any atom is -0.395 e. The van der Waals surface area contributed by atoms with Gasteiger partial charge in [0.2, 0.25) is 0 Å². The molecule has 2 fully saturated rings. The highest BCUT2D eigenvalue weighted by molar-refractivity contribution is 14.0. The van der Waals surface area contributed by atoms with Gasteiger partial charge in [0, 0.05) is 13.6 Å². The molecule has 3 unspecified atom stereocenters. The second kappa shape index (κ2) is 6.61. The lowest BCUT2D eigenvalue weighted by Crippen LogP contribution is -2.47. The summed E-state index contributed by atoms with van der Waals surface area (Å²) in [6.45, 7) is 0.648. The van der Waals surface area contributed by atoms with E-state index >= 15 is 0 Å². The Morgan fingerprint density at radius 3 is 2.81 bits per heavy atom. The first-order chi connectivity index (χ1) is 7.33. The summed E-state index contributed by atoms with van der Waals surface area (Å²) in [4.78, 5) is 4.10. The lowest BCUT2D eigenvalue weighted by Gasteiger charge is -2.22. The number of ether oxygens (including phenoxy) is 1. The Labute approximate surface area is 113 Å². The van der Waals surface area contributed by atoms with Crippen LogP contribution in [0, 0.1) is 0 Å². The Kier molecular flexibility index (Phi) is 5.77. The van der Waals surface area contributed by atoms with Gasteiger partial charge in [-0.2, -0.15) is 0 Å². The van der Waals surface area contributed by atoms with Gasteiger partial charge in [0.25, 0.3) is 0 Å². The Hall–Kier alpha value is -0.0800. The normalized spacial score (nSPS) is 32.4. The van der Waals surface area contributed by atoms with Gasteiger partial charge in [0.1, 0.15) is 0 Å². The van der Waals surface area contributed by atoms with E-state index in [0.717, 1.165) is 18.8 Å².